The summed E-state index contributed by atoms with van der Waals surface area (Å²) < 4.78 is 5.03. The number of fused-ring (bicyclic) bond motifs is 3. The fourth-order valence-electron chi connectivity index (χ4n) is 3.27. The highest BCUT2D eigenvalue weighted by Crippen LogP contribution is 2.13. The molecule has 146 valence electrons. The van der Waals surface area contributed by atoms with E-state index in [2.05, 4.69) is 20.3 Å². The first kappa shape index (κ1) is 17.6. The van der Waals surface area contributed by atoms with E-state index < -0.39 is 11.3 Å². The smallest absolute Gasteiger partial charge is 0.292 e. The molecule has 0 bridgehead atoms. The average molecular weight is 384 g/mol. The maximum absolute atomic E-state index is 12.7. The SMILES string of the molecule is Nc1cc(=O)c(NC(=O)Cn2ccnc2)c[nH]c2c([nH]1)c(=O)n1n2CCCC1. The Balaban J connectivity index is 1.82. The first-order chi connectivity index (χ1) is 13.5. The number of H-pyrrole nitrogens is 2. The lowest BCUT2D eigenvalue weighted by Gasteiger charge is -2.16. The summed E-state index contributed by atoms with van der Waals surface area (Å²) in [7, 11) is 0. The van der Waals surface area contributed by atoms with E-state index in [0.717, 1.165) is 18.9 Å². The van der Waals surface area contributed by atoms with Gasteiger partial charge in [0.25, 0.3) is 5.56 Å². The number of amides is 1. The first-order valence-corrected chi connectivity index (χ1v) is 8.87. The predicted molar refractivity (Wildman–Crippen MR) is 103 cm³/mol. The molecule has 0 aliphatic carbocycles. The molecule has 11 nitrogen and oxygen atoms in total. The minimum atomic E-state index is -0.499. The van der Waals surface area contributed by atoms with Crippen LogP contribution in [0.2, 0.25) is 0 Å². The van der Waals surface area contributed by atoms with E-state index in [-0.39, 0.29) is 29.1 Å². The van der Waals surface area contributed by atoms with Crippen LogP contribution in [-0.4, -0.2) is 34.8 Å². The minimum Gasteiger partial charge on any atom is -0.385 e. The normalized spacial score (nSPS) is 13.1. The van der Waals surface area contributed by atoms with Crippen molar-refractivity contribution >= 4 is 28.6 Å². The number of aromatic nitrogens is 6. The summed E-state index contributed by atoms with van der Waals surface area (Å²) in [5.74, 6) is -0.375. The van der Waals surface area contributed by atoms with E-state index in [0.29, 0.717) is 18.7 Å². The third kappa shape index (κ3) is 3.29. The van der Waals surface area contributed by atoms with Gasteiger partial charge in [0.15, 0.2) is 11.2 Å². The summed E-state index contributed by atoms with van der Waals surface area (Å²) in [5.41, 5.74) is 5.97. The third-order valence-electron chi connectivity index (χ3n) is 4.56. The number of imidazole rings is 1. The Morgan fingerprint density at radius 3 is 2.79 bits per heavy atom. The molecule has 0 radical (unpaired) electrons. The minimum absolute atomic E-state index is 0.00833. The van der Waals surface area contributed by atoms with Crippen LogP contribution in [0, 0.1) is 0 Å². The molecule has 0 saturated carbocycles. The highest BCUT2D eigenvalue weighted by molar-refractivity contribution is 5.90. The highest BCUT2D eigenvalue weighted by atomic mass is 16.2. The average Bonchev–Trinajstić information content (AvgIpc) is 3.27. The molecule has 4 rings (SSSR count). The van der Waals surface area contributed by atoms with Gasteiger partial charge in [0.05, 0.1) is 6.33 Å². The van der Waals surface area contributed by atoms with Crippen LogP contribution in [0.5, 0.6) is 0 Å². The zero-order chi connectivity index (χ0) is 19.7. The molecule has 3 aromatic heterocycles. The summed E-state index contributed by atoms with van der Waals surface area (Å²) in [6.45, 7) is 1.28. The first-order valence-electron chi connectivity index (χ1n) is 8.87. The summed E-state index contributed by atoms with van der Waals surface area (Å²) in [6.07, 6.45) is 7.94. The van der Waals surface area contributed by atoms with Crippen LogP contribution in [-0.2, 0) is 24.4 Å². The molecular formula is C17H20N8O3. The lowest BCUT2D eigenvalue weighted by molar-refractivity contribution is -0.116. The number of aromatic amines is 2. The van der Waals surface area contributed by atoms with Gasteiger partial charge in [-0.3, -0.25) is 19.1 Å². The molecule has 3 aromatic rings. The van der Waals surface area contributed by atoms with Crippen molar-refractivity contribution < 1.29 is 4.79 Å². The van der Waals surface area contributed by atoms with Crippen molar-refractivity contribution in [1.29, 1.82) is 0 Å². The molecule has 28 heavy (non-hydrogen) atoms. The Kier molecular flexibility index (Phi) is 4.47. The van der Waals surface area contributed by atoms with E-state index in [1.807, 2.05) is 4.68 Å². The zero-order valence-electron chi connectivity index (χ0n) is 15.0. The number of hydrogen-bond acceptors (Lipinski definition) is 5. The molecule has 0 aromatic carbocycles. The number of nitrogens with zero attached hydrogens (tertiary/aromatic N) is 4. The lowest BCUT2D eigenvalue weighted by Crippen LogP contribution is -2.27. The van der Waals surface area contributed by atoms with Gasteiger partial charge in [-0.15, -0.1) is 0 Å². The number of rotatable bonds is 3. The van der Waals surface area contributed by atoms with Gasteiger partial charge in [-0.05, 0) is 12.8 Å². The molecule has 0 fully saturated rings. The van der Waals surface area contributed by atoms with E-state index in [9.17, 15) is 14.4 Å². The maximum Gasteiger partial charge on any atom is 0.292 e. The quantitative estimate of drug-likeness (QED) is 0.507. The molecule has 0 unspecified atom stereocenters. The van der Waals surface area contributed by atoms with Gasteiger partial charge in [-0.25, -0.2) is 9.67 Å². The third-order valence-corrected chi connectivity index (χ3v) is 4.56. The molecule has 1 aliphatic rings. The zero-order valence-corrected chi connectivity index (χ0v) is 15.0. The molecule has 11 heteroatoms. The van der Waals surface area contributed by atoms with Crippen LogP contribution >= 0.6 is 0 Å². The number of aryl methyl sites for hydroxylation is 1. The Morgan fingerprint density at radius 2 is 2.04 bits per heavy atom. The van der Waals surface area contributed by atoms with Crippen molar-refractivity contribution in [3.63, 3.8) is 0 Å². The molecule has 1 aliphatic heterocycles. The number of nitrogen functional groups attached to an aromatic ring is 1. The molecule has 4 heterocycles. The second-order valence-corrected chi connectivity index (χ2v) is 6.56. The van der Waals surface area contributed by atoms with Crippen molar-refractivity contribution in [1.82, 2.24) is 28.9 Å². The fourth-order valence-corrected chi connectivity index (χ4v) is 3.27. The van der Waals surface area contributed by atoms with Crippen molar-refractivity contribution in [3.05, 3.63) is 51.6 Å². The van der Waals surface area contributed by atoms with Gasteiger partial charge in [0, 0.05) is 37.7 Å². The van der Waals surface area contributed by atoms with E-state index in [1.165, 1.54) is 12.5 Å². The topological polar surface area (TPSA) is 149 Å². The second kappa shape index (κ2) is 7.10. The van der Waals surface area contributed by atoms with E-state index in [4.69, 9.17) is 5.73 Å². The van der Waals surface area contributed by atoms with Crippen molar-refractivity contribution in [3.8, 4) is 0 Å². The monoisotopic (exact) mass is 384 g/mol. The number of carbonyl (C=O) groups excluding carboxylic acids is 1. The highest BCUT2D eigenvalue weighted by Gasteiger charge is 2.16. The van der Waals surface area contributed by atoms with Crippen LogP contribution in [0.3, 0.4) is 0 Å². The summed E-state index contributed by atoms with van der Waals surface area (Å²) in [5, 5.41) is 2.58. The maximum atomic E-state index is 12.7. The molecule has 0 atom stereocenters. The van der Waals surface area contributed by atoms with Gasteiger partial charge >= 0.3 is 0 Å². The van der Waals surface area contributed by atoms with Crippen LogP contribution < -0.4 is 22.0 Å². The summed E-state index contributed by atoms with van der Waals surface area (Å²) >= 11 is 0. The van der Waals surface area contributed by atoms with Crippen molar-refractivity contribution in [2.75, 3.05) is 11.1 Å². The second-order valence-electron chi connectivity index (χ2n) is 6.56. The van der Waals surface area contributed by atoms with Crippen LogP contribution in [0.4, 0.5) is 11.5 Å². The van der Waals surface area contributed by atoms with Gasteiger partial charge in [-0.2, -0.15) is 0 Å². The number of carbonyl (C=O) groups is 1. The fraction of sp³-hybridized carbons (Fsp3) is 0.294. The lowest BCUT2D eigenvalue weighted by atomic mass is 10.3. The molecule has 5 N–H and O–H groups in total. The Morgan fingerprint density at radius 1 is 1.25 bits per heavy atom. The molecule has 0 saturated heterocycles. The van der Waals surface area contributed by atoms with Gasteiger partial charge in [-0.1, -0.05) is 0 Å². The van der Waals surface area contributed by atoms with Crippen LogP contribution in [0.1, 0.15) is 12.8 Å². The standard InChI is InChI=1S/C17H20N8O3/c18-13-7-12(26)11(21-14(27)9-23-6-3-19-10-23)8-20-16-15(22-13)17(28)25-5-2-1-4-24(16)25/h3,6-8,10,20,22H,1-2,4-5,9,18H2,(H,21,27). The summed E-state index contributed by atoms with van der Waals surface area (Å²) in [4.78, 5) is 47.1. The van der Waals surface area contributed by atoms with Crippen LogP contribution in [0.15, 0.2) is 40.6 Å². The Hall–Kier alpha value is -3.76. The van der Waals surface area contributed by atoms with Gasteiger partial charge in [0.1, 0.15) is 18.1 Å². The predicted octanol–water partition coefficient (Wildman–Crippen LogP) is 0.155. The van der Waals surface area contributed by atoms with E-state index in [1.54, 1.807) is 21.6 Å². The van der Waals surface area contributed by atoms with Gasteiger partial charge < -0.3 is 25.6 Å². The van der Waals surface area contributed by atoms with Crippen molar-refractivity contribution in [2.45, 2.75) is 32.5 Å². The number of anilines is 2. The summed E-state index contributed by atoms with van der Waals surface area (Å²) in [6, 6.07) is 1.14. The number of nitrogens with two attached hydrogens (primary N) is 1. The Bertz CT molecular complexity index is 1190. The van der Waals surface area contributed by atoms with E-state index >= 15 is 0 Å². The van der Waals surface area contributed by atoms with Crippen molar-refractivity contribution in [2.24, 2.45) is 0 Å². The Labute approximate surface area is 158 Å². The van der Waals surface area contributed by atoms with Crippen LogP contribution in [0.25, 0.3) is 11.2 Å². The molecular weight excluding hydrogens is 364 g/mol. The van der Waals surface area contributed by atoms with Gasteiger partial charge in [0.2, 0.25) is 11.3 Å². The number of hydrogen-bond donors (Lipinski definition) is 4. The molecule has 0 spiro atoms. The number of nitrogens with one attached hydrogen (secondary N) is 3. The largest absolute Gasteiger partial charge is 0.385 e. The molecule has 1 amide bonds.